The molecule has 2 N–H and O–H groups in total. The molecule has 24 heavy (non-hydrogen) atoms. The number of aryl methyl sites for hydroxylation is 1. The first kappa shape index (κ1) is 16.2. The first-order valence-electron chi connectivity index (χ1n) is 7.74. The lowest BCUT2D eigenvalue weighted by molar-refractivity contribution is -0.151. The number of nitrogens with zero attached hydrogens (tertiary/aromatic N) is 1. The van der Waals surface area contributed by atoms with Crippen molar-refractivity contribution in [3.05, 3.63) is 42.2 Å². The molecule has 6 nitrogen and oxygen atoms in total. The standard InChI is InChI=1S/C17H17FN2O4/c18-12-5-2-1-4-11(12)13-10-19-15(24-13)7-6-14(21)20-17(16(22)23)8-3-9-17/h1-2,4-5,10H,3,6-9H2,(H,20,21)(H,22,23). The van der Waals surface area contributed by atoms with E-state index in [0.29, 0.717) is 30.1 Å². The molecule has 2 aromatic rings. The number of hydrogen-bond acceptors (Lipinski definition) is 4. The summed E-state index contributed by atoms with van der Waals surface area (Å²) < 4.78 is 19.2. The van der Waals surface area contributed by atoms with Crippen LogP contribution in [0.1, 0.15) is 31.6 Å². The Bertz CT molecular complexity index is 767. The van der Waals surface area contributed by atoms with Gasteiger partial charge in [0.2, 0.25) is 5.91 Å². The van der Waals surface area contributed by atoms with E-state index in [4.69, 9.17) is 4.42 Å². The van der Waals surface area contributed by atoms with Crippen LogP contribution in [0, 0.1) is 5.82 Å². The Morgan fingerprint density at radius 3 is 2.71 bits per heavy atom. The van der Waals surface area contributed by atoms with Crippen LogP contribution >= 0.6 is 0 Å². The molecule has 1 heterocycles. The number of rotatable bonds is 6. The van der Waals surface area contributed by atoms with Gasteiger partial charge in [-0.15, -0.1) is 0 Å². The molecule has 0 aliphatic heterocycles. The molecular formula is C17H17FN2O4. The Balaban J connectivity index is 1.59. The molecule has 0 atom stereocenters. The van der Waals surface area contributed by atoms with Crippen molar-refractivity contribution in [1.29, 1.82) is 0 Å². The summed E-state index contributed by atoms with van der Waals surface area (Å²) >= 11 is 0. The number of carboxylic acid groups (broad SMARTS) is 1. The molecule has 0 bridgehead atoms. The van der Waals surface area contributed by atoms with Crippen molar-refractivity contribution in [1.82, 2.24) is 10.3 Å². The van der Waals surface area contributed by atoms with Gasteiger partial charge in [0.15, 0.2) is 11.7 Å². The van der Waals surface area contributed by atoms with E-state index < -0.39 is 17.3 Å². The van der Waals surface area contributed by atoms with E-state index in [1.54, 1.807) is 18.2 Å². The molecule has 0 saturated heterocycles. The molecule has 3 rings (SSSR count). The van der Waals surface area contributed by atoms with Gasteiger partial charge in [-0.25, -0.2) is 14.2 Å². The fraction of sp³-hybridized carbons (Fsp3) is 0.353. The molecule has 1 aliphatic rings. The molecule has 1 saturated carbocycles. The van der Waals surface area contributed by atoms with Crippen LogP contribution in [0.25, 0.3) is 11.3 Å². The third-order valence-electron chi connectivity index (χ3n) is 4.25. The Hall–Kier alpha value is -2.70. The minimum Gasteiger partial charge on any atom is -0.480 e. The average Bonchev–Trinajstić information content (AvgIpc) is 2.97. The van der Waals surface area contributed by atoms with Crippen LogP contribution in [-0.2, 0) is 16.0 Å². The van der Waals surface area contributed by atoms with Crippen molar-refractivity contribution < 1.29 is 23.5 Å². The number of carbonyl (C=O) groups excluding carboxylic acids is 1. The normalized spacial score (nSPS) is 15.5. The average molecular weight is 332 g/mol. The van der Waals surface area contributed by atoms with Gasteiger partial charge in [0.1, 0.15) is 11.4 Å². The molecule has 1 aromatic carbocycles. The number of aromatic nitrogens is 1. The third-order valence-corrected chi connectivity index (χ3v) is 4.25. The van der Waals surface area contributed by atoms with Crippen LogP contribution in [0.5, 0.6) is 0 Å². The topological polar surface area (TPSA) is 92.4 Å². The number of aliphatic carboxylic acids is 1. The maximum Gasteiger partial charge on any atom is 0.329 e. The molecular weight excluding hydrogens is 315 g/mol. The second kappa shape index (κ2) is 6.43. The van der Waals surface area contributed by atoms with E-state index in [9.17, 15) is 19.1 Å². The number of amides is 1. The summed E-state index contributed by atoms with van der Waals surface area (Å²) in [6.45, 7) is 0. The van der Waals surface area contributed by atoms with Crippen molar-refractivity contribution in [3.63, 3.8) is 0 Å². The maximum atomic E-state index is 13.7. The Morgan fingerprint density at radius 2 is 2.08 bits per heavy atom. The summed E-state index contributed by atoms with van der Waals surface area (Å²) in [5.74, 6) is -1.17. The molecule has 0 radical (unpaired) electrons. The van der Waals surface area contributed by atoms with Crippen LogP contribution in [0.15, 0.2) is 34.9 Å². The minimum absolute atomic E-state index is 0.0618. The van der Waals surface area contributed by atoms with Gasteiger partial charge in [-0.1, -0.05) is 12.1 Å². The molecule has 1 amide bonds. The maximum absolute atomic E-state index is 13.7. The minimum atomic E-state index is -1.12. The predicted octanol–water partition coefficient (Wildman–Crippen LogP) is 2.54. The summed E-state index contributed by atoms with van der Waals surface area (Å²) in [6, 6.07) is 6.19. The van der Waals surface area contributed by atoms with Crippen molar-refractivity contribution >= 4 is 11.9 Å². The Morgan fingerprint density at radius 1 is 1.33 bits per heavy atom. The number of nitrogens with one attached hydrogen (secondary N) is 1. The van der Waals surface area contributed by atoms with E-state index in [0.717, 1.165) is 6.42 Å². The number of halogens is 1. The fourth-order valence-electron chi connectivity index (χ4n) is 2.68. The summed E-state index contributed by atoms with van der Waals surface area (Å²) in [5.41, 5.74) is -0.813. The highest BCUT2D eigenvalue weighted by molar-refractivity contribution is 5.87. The zero-order valence-corrected chi connectivity index (χ0v) is 12.9. The fourth-order valence-corrected chi connectivity index (χ4v) is 2.68. The van der Waals surface area contributed by atoms with Gasteiger partial charge in [-0.3, -0.25) is 4.79 Å². The molecule has 7 heteroatoms. The summed E-state index contributed by atoms with van der Waals surface area (Å²) in [7, 11) is 0. The molecule has 0 spiro atoms. The number of hydrogen-bond donors (Lipinski definition) is 2. The predicted molar refractivity (Wildman–Crippen MR) is 82.6 cm³/mol. The summed E-state index contributed by atoms with van der Waals surface area (Å²) in [4.78, 5) is 27.2. The first-order valence-corrected chi connectivity index (χ1v) is 7.74. The monoisotopic (exact) mass is 332 g/mol. The second-order valence-corrected chi connectivity index (χ2v) is 5.89. The van der Waals surface area contributed by atoms with Crippen LogP contribution in [0.2, 0.25) is 0 Å². The highest BCUT2D eigenvalue weighted by atomic mass is 19.1. The molecule has 1 aliphatic carbocycles. The van der Waals surface area contributed by atoms with Gasteiger partial charge >= 0.3 is 5.97 Å². The Kier molecular flexibility index (Phi) is 4.33. The second-order valence-electron chi connectivity index (χ2n) is 5.89. The molecule has 1 fully saturated rings. The SMILES string of the molecule is O=C(CCc1ncc(-c2ccccc2F)o1)NC1(C(=O)O)CCC1. The van der Waals surface area contributed by atoms with E-state index in [1.165, 1.54) is 12.3 Å². The Labute approximate surface area is 137 Å². The lowest BCUT2D eigenvalue weighted by Crippen LogP contribution is -2.59. The van der Waals surface area contributed by atoms with Crippen LogP contribution in [-0.4, -0.2) is 27.5 Å². The highest BCUT2D eigenvalue weighted by Crippen LogP contribution is 2.32. The van der Waals surface area contributed by atoms with Crippen LogP contribution < -0.4 is 5.32 Å². The van der Waals surface area contributed by atoms with Gasteiger partial charge in [-0.2, -0.15) is 0 Å². The van der Waals surface area contributed by atoms with Crippen LogP contribution in [0.3, 0.4) is 0 Å². The first-order chi connectivity index (χ1) is 11.5. The lowest BCUT2D eigenvalue weighted by Gasteiger charge is -2.38. The van der Waals surface area contributed by atoms with Gasteiger partial charge in [0.25, 0.3) is 0 Å². The lowest BCUT2D eigenvalue weighted by atomic mass is 9.76. The van der Waals surface area contributed by atoms with Gasteiger partial charge in [0, 0.05) is 12.8 Å². The zero-order valence-electron chi connectivity index (χ0n) is 12.9. The third kappa shape index (κ3) is 3.15. The van der Waals surface area contributed by atoms with E-state index in [2.05, 4.69) is 10.3 Å². The van der Waals surface area contributed by atoms with E-state index in [-0.39, 0.29) is 18.7 Å². The van der Waals surface area contributed by atoms with Crippen molar-refractivity contribution in [3.8, 4) is 11.3 Å². The van der Waals surface area contributed by atoms with Crippen molar-refractivity contribution in [2.45, 2.75) is 37.6 Å². The van der Waals surface area contributed by atoms with Gasteiger partial charge in [-0.05, 0) is 31.4 Å². The zero-order chi connectivity index (χ0) is 17.2. The van der Waals surface area contributed by atoms with Gasteiger partial charge < -0.3 is 14.8 Å². The van der Waals surface area contributed by atoms with E-state index >= 15 is 0 Å². The quantitative estimate of drug-likeness (QED) is 0.848. The molecule has 0 unspecified atom stereocenters. The smallest absolute Gasteiger partial charge is 0.329 e. The number of carbonyl (C=O) groups is 2. The van der Waals surface area contributed by atoms with E-state index in [1.807, 2.05) is 0 Å². The highest BCUT2D eigenvalue weighted by Gasteiger charge is 2.45. The molecule has 126 valence electrons. The largest absolute Gasteiger partial charge is 0.480 e. The number of oxazole rings is 1. The van der Waals surface area contributed by atoms with Crippen molar-refractivity contribution in [2.24, 2.45) is 0 Å². The number of carboxylic acids is 1. The summed E-state index contributed by atoms with van der Waals surface area (Å²) in [5, 5.41) is 11.8. The number of benzene rings is 1. The molecule has 1 aromatic heterocycles. The van der Waals surface area contributed by atoms with Crippen molar-refractivity contribution in [2.75, 3.05) is 0 Å². The summed E-state index contributed by atoms with van der Waals surface area (Å²) in [6.07, 6.45) is 3.38. The van der Waals surface area contributed by atoms with Crippen LogP contribution in [0.4, 0.5) is 4.39 Å². The van der Waals surface area contributed by atoms with Gasteiger partial charge in [0.05, 0.1) is 11.8 Å².